The molecule has 5 aliphatic rings. The Balaban J connectivity index is 1.30. The fourth-order valence-electron chi connectivity index (χ4n) is 8.56. The van der Waals surface area contributed by atoms with E-state index in [9.17, 15) is 9.59 Å². The van der Waals surface area contributed by atoms with Crippen molar-refractivity contribution < 1.29 is 14.4 Å². The average Bonchev–Trinajstić information content (AvgIpc) is 3.15. The zero-order valence-corrected chi connectivity index (χ0v) is 20.1. The summed E-state index contributed by atoms with van der Waals surface area (Å²) in [4.78, 5) is 30.0. The minimum absolute atomic E-state index is 0.0113. The van der Waals surface area contributed by atoms with Gasteiger partial charge in [0, 0.05) is 12.3 Å². The molecule has 0 spiro atoms. The van der Waals surface area contributed by atoms with Crippen LogP contribution in [-0.4, -0.2) is 30.6 Å². The van der Waals surface area contributed by atoms with Gasteiger partial charge in [0.2, 0.25) is 0 Å². The van der Waals surface area contributed by atoms with E-state index in [1.807, 2.05) is 6.08 Å². The molecule has 32 heavy (non-hydrogen) atoms. The molecule has 1 saturated heterocycles. The van der Waals surface area contributed by atoms with E-state index in [0.717, 1.165) is 63.2 Å². The normalized spacial score (nSPS) is 42.5. The van der Waals surface area contributed by atoms with Crippen LogP contribution in [0.5, 0.6) is 0 Å². The van der Waals surface area contributed by atoms with Crippen LogP contribution in [0, 0.1) is 40.4 Å². The molecule has 1 heterocycles. The maximum absolute atomic E-state index is 12.5. The second-order valence-corrected chi connectivity index (χ2v) is 11.8. The molecule has 5 heteroatoms. The number of hydrogen-bond donors (Lipinski definition) is 1. The van der Waals surface area contributed by atoms with Crippen molar-refractivity contribution in [3.8, 4) is 0 Å². The van der Waals surface area contributed by atoms with Gasteiger partial charge < -0.3 is 10.2 Å². The Bertz CT molecular complexity index is 842. The molecule has 1 N–H and O–H groups in total. The van der Waals surface area contributed by atoms with E-state index in [2.05, 4.69) is 31.2 Å². The maximum atomic E-state index is 12.5. The number of ketones is 1. The summed E-state index contributed by atoms with van der Waals surface area (Å²) < 4.78 is 0. The quantitative estimate of drug-likeness (QED) is 0.379. The highest BCUT2D eigenvalue weighted by Crippen LogP contribution is 2.66. The lowest BCUT2D eigenvalue weighted by atomic mass is 9.46. The minimum atomic E-state index is -0.152. The van der Waals surface area contributed by atoms with Gasteiger partial charge in [-0.15, -0.1) is 0 Å². The van der Waals surface area contributed by atoms with Crippen molar-refractivity contribution in [1.82, 2.24) is 5.32 Å². The minimum Gasteiger partial charge on any atom is -0.318 e. The summed E-state index contributed by atoms with van der Waals surface area (Å²) in [5.41, 5.74) is 2.93. The third-order valence-corrected chi connectivity index (χ3v) is 10.4. The van der Waals surface area contributed by atoms with Gasteiger partial charge in [0.05, 0.1) is 11.6 Å². The number of hydrogen-bond acceptors (Lipinski definition) is 5. The van der Waals surface area contributed by atoms with Gasteiger partial charge >= 0.3 is 5.97 Å². The zero-order chi connectivity index (χ0) is 22.5. The maximum Gasteiger partial charge on any atom is 0.338 e. The largest absolute Gasteiger partial charge is 0.338 e. The van der Waals surface area contributed by atoms with Gasteiger partial charge in [0.15, 0.2) is 5.78 Å². The summed E-state index contributed by atoms with van der Waals surface area (Å²) in [6, 6.07) is 0. The Labute approximate surface area is 192 Å². The van der Waals surface area contributed by atoms with Crippen LogP contribution in [0.15, 0.2) is 16.8 Å². The number of piperidine rings is 1. The molecule has 0 radical (unpaired) electrons. The summed E-state index contributed by atoms with van der Waals surface area (Å²) in [5.74, 6) is 2.76. The first-order valence-electron chi connectivity index (χ1n) is 13.0. The molecule has 0 bridgehead atoms. The molecule has 4 fully saturated rings. The van der Waals surface area contributed by atoms with Crippen molar-refractivity contribution in [3.05, 3.63) is 11.6 Å². The molecule has 0 aromatic heterocycles. The summed E-state index contributed by atoms with van der Waals surface area (Å²) in [6.07, 6.45) is 12.7. The highest BCUT2D eigenvalue weighted by Gasteiger charge is 2.59. The summed E-state index contributed by atoms with van der Waals surface area (Å²) in [6.45, 7) is 8.78. The number of fused-ring (bicyclic) bond motifs is 5. The van der Waals surface area contributed by atoms with Gasteiger partial charge in [-0.2, -0.15) is 0 Å². The lowest BCUT2D eigenvalue weighted by molar-refractivity contribution is -0.149. The predicted octanol–water partition coefficient (Wildman–Crippen LogP) is 5.05. The molecular formula is C27H40N2O3. The Morgan fingerprint density at radius 1 is 1.03 bits per heavy atom. The van der Waals surface area contributed by atoms with Crippen molar-refractivity contribution in [3.63, 3.8) is 0 Å². The lowest BCUT2D eigenvalue weighted by Gasteiger charge is -2.58. The van der Waals surface area contributed by atoms with E-state index in [-0.39, 0.29) is 22.7 Å². The molecule has 1 aliphatic heterocycles. The van der Waals surface area contributed by atoms with Gasteiger partial charge in [-0.3, -0.25) is 4.79 Å². The molecule has 0 unspecified atom stereocenters. The van der Waals surface area contributed by atoms with Crippen LogP contribution >= 0.6 is 0 Å². The van der Waals surface area contributed by atoms with E-state index in [1.54, 1.807) is 0 Å². The number of oxime groups is 1. The zero-order valence-electron chi connectivity index (χ0n) is 20.1. The molecule has 4 aliphatic carbocycles. The molecule has 0 amide bonds. The van der Waals surface area contributed by atoms with Crippen LogP contribution in [0.4, 0.5) is 0 Å². The number of nitrogens with zero attached hydrogens (tertiary/aromatic N) is 1. The third kappa shape index (κ3) is 3.59. The average molecular weight is 441 g/mol. The topological polar surface area (TPSA) is 67.8 Å². The van der Waals surface area contributed by atoms with E-state index < -0.39 is 0 Å². The molecule has 3 saturated carbocycles. The fraction of sp³-hybridized carbons (Fsp3) is 0.815. The number of nitrogens with one attached hydrogen (secondary N) is 1. The highest BCUT2D eigenvalue weighted by molar-refractivity contribution is 5.91. The van der Waals surface area contributed by atoms with Gasteiger partial charge in [-0.05, 0) is 112 Å². The van der Waals surface area contributed by atoms with Gasteiger partial charge in [-0.25, -0.2) is 4.79 Å². The molecular weight excluding hydrogens is 400 g/mol. The molecule has 5 nitrogen and oxygen atoms in total. The van der Waals surface area contributed by atoms with Crippen molar-refractivity contribution in [2.24, 2.45) is 45.6 Å². The Kier molecular flexibility index (Phi) is 5.84. The van der Waals surface area contributed by atoms with E-state index in [0.29, 0.717) is 23.5 Å². The first-order chi connectivity index (χ1) is 15.3. The predicted molar refractivity (Wildman–Crippen MR) is 125 cm³/mol. The Morgan fingerprint density at radius 2 is 1.81 bits per heavy atom. The summed E-state index contributed by atoms with van der Waals surface area (Å²) in [7, 11) is 0. The summed E-state index contributed by atoms with van der Waals surface area (Å²) in [5, 5.41) is 7.71. The standard InChI is InChI=1S/C27H40N2O3/c1-17(29-32-25(31)18-10-14-28-15-11-18)22-6-7-23-21-5-4-19-16-20(30)8-12-26(19,2)24(21)9-13-27(22,23)3/h16,18,21-24,28H,4-15H2,1-3H3/b29-17+/t21-,22+,23-,24-,26-,27+/m0/s1. The Hall–Kier alpha value is -1.49. The molecule has 0 aromatic carbocycles. The van der Waals surface area contributed by atoms with Crippen molar-refractivity contribution in [2.75, 3.05) is 13.1 Å². The number of carbonyl (C=O) groups is 2. The van der Waals surface area contributed by atoms with E-state index in [1.165, 1.54) is 31.3 Å². The van der Waals surface area contributed by atoms with Crippen molar-refractivity contribution in [1.29, 1.82) is 0 Å². The molecule has 0 aromatic rings. The first kappa shape index (κ1) is 22.3. The smallest absolute Gasteiger partial charge is 0.318 e. The van der Waals surface area contributed by atoms with Crippen LogP contribution in [0.3, 0.4) is 0 Å². The highest BCUT2D eigenvalue weighted by atomic mass is 16.7. The number of allylic oxidation sites excluding steroid dienone is 1. The monoisotopic (exact) mass is 440 g/mol. The first-order valence-corrected chi connectivity index (χ1v) is 13.0. The molecule has 5 rings (SSSR count). The van der Waals surface area contributed by atoms with Crippen LogP contribution < -0.4 is 5.32 Å². The van der Waals surface area contributed by atoms with Crippen LogP contribution in [0.1, 0.15) is 85.0 Å². The van der Waals surface area contributed by atoms with E-state index in [4.69, 9.17) is 4.84 Å². The lowest BCUT2D eigenvalue weighted by Crippen LogP contribution is -2.51. The van der Waals surface area contributed by atoms with Gasteiger partial charge in [0.1, 0.15) is 0 Å². The van der Waals surface area contributed by atoms with Crippen molar-refractivity contribution >= 4 is 17.5 Å². The second-order valence-electron chi connectivity index (χ2n) is 11.8. The van der Waals surface area contributed by atoms with Crippen LogP contribution in [0.2, 0.25) is 0 Å². The number of carbonyl (C=O) groups excluding carboxylic acids is 2. The molecule has 6 atom stereocenters. The Morgan fingerprint density at radius 3 is 2.59 bits per heavy atom. The van der Waals surface area contributed by atoms with E-state index >= 15 is 0 Å². The fourth-order valence-corrected chi connectivity index (χ4v) is 8.56. The van der Waals surface area contributed by atoms with Crippen LogP contribution in [-0.2, 0) is 14.4 Å². The third-order valence-electron chi connectivity index (χ3n) is 10.4. The van der Waals surface area contributed by atoms with Crippen molar-refractivity contribution in [2.45, 2.75) is 85.0 Å². The SMILES string of the molecule is C/C(=N\OC(=O)C1CCNCC1)[C@H]1CC[C@H]2[C@@H]3CCC4=CC(=O)CC[C@]4(C)[C@H]3CC[C@]12C. The second kappa shape index (κ2) is 8.38. The number of rotatable bonds is 3. The molecule has 176 valence electrons. The van der Waals surface area contributed by atoms with Crippen LogP contribution in [0.25, 0.3) is 0 Å². The van der Waals surface area contributed by atoms with Gasteiger partial charge in [0.25, 0.3) is 0 Å². The van der Waals surface area contributed by atoms with Gasteiger partial charge in [-0.1, -0.05) is 24.6 Å². The summed E-state index contributed by atoms with van der Waals surface area (Å²) >= 11 is 0.